The maximum Gasteiger partial charge on any atom is 0.239 e. The summed E-state index contributed by atoms with van der Waals surface area (Å²) in [7, 11) is 0. The fourth-order valence-corrected chi connectivity index (χ4v) is 2.43. The average molecular weight is 329 g/mol. The Kier molecular flexibility index (Phi) is 4.19. The van der Waals surface area contributed by atoms with Crippen molar-refractivity contribution in [2.24, 2.45) is 0 Å². The van der Waals surface area contributed by atoms with Crippen LogP contribution in [0, 0.1) is 0 Å². The van der Waals surface area contributed by atoms with Crippen LogP contribution in [0.4, 0.5) is 5.13 Å². The third-order valence-electron chi connectivity index (χ3n) is 2.26. The molecule has 1 aromatic heterocycles. The van der Waals surface area contributed by atoms with Crippen LogP contribution >= 0.6 is 27.3 Å². The number of nitrogens with zero attached hydrogens (tertiary/aromatic N) is 1. The number of aromatic nitrogens is 1. The Hall–Kier alpha value is -1.14. The first-order chi connectivity index (χ1) is 8.60. The number of thiazole rings is 1. The Bertz CT molecular complexity index is 568. The van der Waals surface area contributed by atoms with Crippen molar-refractivity contribution in [1.82, 2.24) is 4.98 Å². The number of carbonyl (C=O) groups excluding carboxylic acids is 1. The van der Waals surface area contributed by atoms with Gasteiger partial charge >= 0.3 is 0 Å². The van der Waals surface area contributed by atoms with Crippen LogP contribution in [-0.4, -0.2) is 22.3 Å². The van der Waals surface area contributed by atoms with Gasteiger partial charge in [-0.15, -0.1) is 0 Å². The molecule has 96 valence electrons. The second-order valence-electron chi connectivity index (χ2n) is 3.69. The van der Waals surface area contributed by atoms with E-state index >= 15 is 0 Å². The molecule has 1 aromatic carbocycles. The maximum absolute atomic E-state index is 11.5. The molecule has 2 rings (SSSR count). The largest absolute Gasteiger partial charge is 0.494 e. The van der Waals surface area contributed by atoms with Crippen LogP contribution < -0.4 is 10.1 Å². The number of carbonyl (C=O) groups is 1. The highest BCUT2D eigenvalue weighted by Crippen LogP contribution is 2.29. The topological polar surface area (TPSA) is 51.2 Å². The molecule has 6 heteroatoms. The summed E-state index contributed by atoms with van der Waals surface area (Å²) in [6.45, 7) is 4.35. The molecule has 0 saturated carbocycles. The predicted molar refractivity (Wildman–Crippen MR) is 77.8 cm³/mol. The molecule has 2 aromatic rings. The minimum atomic E-state index is -0.233. The first kappa shape index (κ1) is 13.3. The number of ether oxygens (including phenoxy) is 1. The number of benzene rings is 1. The number of anilines is 1. The molecule has 0 aliphatic heterocycles. The lowest BCUT2D eigenvalue weighted by molar-refractivity contribution is -0.115. The van der Waals surface area contributed by atoms with Crippen molar-refractivity contribution >= 4 is 48.5 Å². The van der Waals surface area contributed by atoms with Gasteiger partial charge in [-0.25, -0.2) is 4.98 Å². The van der Waals surface area contributed by atoms with Crippen molar-refractivity contribution < 1.29 is 9.53 Å². The quantitative estimate of drug-likeness (QED) is 0.875. The lowest BCUT2D eigenvalue weighted by Crippen LogP contribution is -2.19. The molecule has 0 aliphatic carbocycles. The summed E-state index contributed by atoms with van der Waals surface area (Å²) >= 11 is 4.66. The number of halogens is 1. The standard InChI is InChI=1S/C12H13BrN2O2S/c1-3-17-8-4-5-9-10(6-8)18-12(14-9)15-11(16)7(2)13/h4-7H,3H2,1-2H3,(H,14,15,16). The highest BCUT2D eigenvalue weighted by atomic mass is 79.9. The van der Waals surface area contributed by atoms with Crippen LogP contribution in [0.3, 0.4) is 0 Å². The maximum atomic E-state index is 11.5. The smallest absolute Gasteiger partial charge is 0.239 e. The first-order valence-electron chi connectivity index (χ1n) is 5.58. The van der Waals surface area contributed by atoms with E-state index in [1.807, 2.05) is 25.1 Å². The van der Waals surface area contributed by atoms with Crippen LogP contribution in [0.5, 0.6) is 5.75 Å². The number of amides is 1. The zero-order valence-electron chi connectivity index (χ0n) is 10.1. The van der Waals surface area contributed by atoms with Gasteiger partial charge in [0.05, 0.1) is 21.7 Å². The van der Waals surface area contributed by atoms with Crippen molar-refractivity contribution in [3.63, 3.8) is 0 Å². The molecule has 0 spiro atoms. The molecule has 1 atom stereocenters. The van der Waals surface area contributed by atoms with Crippen molar-refractivity contribution in [3.05, 3.63) is 18.2 Å². The summed E-state index contributed by atoms with van der Waals surface area (Å²) in [5, 5.41) is 3.37. The summed E-state index contributed by atoms with van der Waals surface area (Å²) in [4.78, 5) is 15.7. The van der Waals surface area contributed by atoms with E-state index in [0.29, 0.717) is 11.7 Å². The molecule has 0 bridgehead atoms. The van der Waals surface area contributed by atoms with Gasteiger partial charge in [-0.2, -0.15) is 0 Å². The van der Waals surface area contributed by atoms with E-state index in [-0.39, 0.29) is 10.7 Å². The number of hydrogen-bond donors (Lipinski definition) is 1. The summed E-state index contributed by atoms with van der Waals surface area (Å²) in [5.41, 5.74) is 0.862. The van der Waals surface area contributed by atoms with E-state index in [1.165, 1.54) is 11.3 Å². The van der Waals surface area contributed by atoms with E-state index in [4.69, 9.17) is 4.74 Å². The molecular formula is C12H13BrN2O2S. The average Bonchev–Trinajstić information content (AvgIpc) is 2.70. The Morgan fingerprint density at radius 2 is 2.39 bits per heavy atom. The van der Waals surface area contributed by atoms with E-state index in [2.05, 4.69) is 26.2 Å². The second kappa shape index (κ2) is 5.67. The highest BCUT2D eigenvalue weighted by Gasteiger charge is 2.12. The van der Waals surface area contributed by atoms with Gasteiger partial charge in [-0.3, -0.25) is 4.79 Å². The zero-order chi connectivity index (χ0) is 13.1. The van der Waals surface area contributed by atoms with Gasteiger partial charge in [0.1, 0.15) is 5.75 Å². The minimum Gasteiger partial charge on any atom is -0.494 e. The molecule has 0 radical (unpaired) electrons. The lowest BCUT2D eigenvalue weighted by atomic mass is 10.3. The van der Waals surface area contributed by atoms with E-state index < -0.39 is 0 Å². The highest BCUT2D eigenvalue weighted by molar-refractivity contribution is 9.10. The Morgan fingerprint density at radius 3 is 3.06 bits per heavy atom. The Balaban J connectivity index is 2.24. The van der Waals surface area contributed by atoms with Gasteiger partial charge in [0, 0.05) is 0 Å². The summed E-state index contributed by atoms with van der Waals surface area (Å²) in [6, 6.07) is 5.71. The molecule has 0 fully saturated rings. The van der Waals surface area contributed by atoms with Gasteiger partial charge in [0.15, 0.2) is 5.13 Å². The van der Waals surface area contributed by atoms with Crippen molar-refractivity contribution in [2.45, 2.75) is 18.7 Å². The first-order valence-corrected chi connectivity index (χ1v) is 7.31. The molecule has 1 heterocycles. The van der Waals surface area contributed by atoms with Crippen molar-refractivity contribution in [2.75, 3.05) is 11.9 Å². The number of hydrogen-bond acceptors (Lipinski definition) is 4. The second-order valence-corrected chi connectivity index (χ2v) is 6.09. The minimum absolute atomic E-state index is 0.0981. The third-order valence-corrected chi connectivity index (χ3v) is 3.61. The lowest BCUT2D eigenvalue weighted by Gasteiger charge is -2.01. The molecule has 1 N–H and O–H groups in total. The Labute approximate surface area is 117 Å². The van der Waals surface area contributed by atoms with E-state index in [0.717, 1.165) is 16.0 Å². The molecular weight excluding hydrogens is 316 g/mol. The summed E-state index contributed by atoms with van der Waals surface area (Å²) < 4.78 is 6.43. The van der Waals surface area contributed by atoms with E-state index in [1.54, 1.807) is 6.92 Å². The fraction of sp³-hybridized carbons (Fsp3) is 0.333. The van der Waals surface area contributed by atoms with Gasteiger partial charge in [0.25, 0.3) is 0 Å². The van der Waals surface area contributed by atoms with Gasteiger partial charge in [0.2, 0.25) is 5.91 Å². The van der Waals surface area contributed by atoms with Gasteiger partial charge in [-0.05, 0) is 32.0 Å². The van der Waals surface area contributed by atoms with Gasteiger partial charge in [-0.1, -0.05) is 27.3 Å². The number of nitrogens with one attached hydrogen (secondary N) is 1. The molecule has 0 saturated heterocycles. The van der Waals surface area contributed by atoms with E-state index in [9.17, 15) is 4.79 Å². The van der Waals surface area contributed by atoms with Crippen LogP contribution in [0.1, 0.15) is 13.8 Å². The van der Waals surface area contributed by atoms with Crippen LogP contribution in [0.25, 0.3) is 10.2 Å². The Morgan fingerprint density at radius 1 is 1.61 bits per heavy atom. The molecule has 4 nitrogen and oxygen atoms in total. The number of alkyl halides is 1. The zero-order valence-corrected chi connectivity index (χ0v) is 12.5. The summed E-state index contributed by atoms with van der Waals surface area (Å²) in [5.74, 6) is 0.722. The molecule has 18 heavy (non-hydrogen) atoms. The van der Waals surface area contributed by atoms with Crippen LogP contribution in [0.15, 0.2) is 18.2 Å². The monoisotopic (exact) mass is 328 g/mol. The number of rotatable bonds is 4. The van der Waals surface area contributed by atoms with Gasteiger partial charge < -0.3 is 10.1 Å². The number of fused-ring (bicyclic) bond motifs is 1. The molecule has 1 unspecified atom stereocenters. The van der Waals surface area contributed by atoms with Crippen LogP contribution in [0.2, 0.25) is 0 Å². The van der Waals surface area contributed by atoms with Crippen molar-refractivity contribution in [1.29, 1.82) is 0 Å². The molecule has 0 aliphatic rings. The third kappa shape index (κ3) is 3.00. The fourth-order valence-electron chi connectivity index (χ4n) is 1.42. The predicted octanol–water partition coefficient (Wildman–Crippen LogP) is 3.42. The normalized spacial score (nSPS) is 12.4. The van der Waals surface area contributed by atoms with Crippen LogP contribution in [-0.2, 0) is 4.79 Å². The summed E-state index contributed by atoms with van der Waals surface area (Å²) in [6.07, 6.45) is 0. The SMILES string of the molecule is CCOc1ccc2nc(NC(=O)C(C)Br)sc2c1. The van der Waals surface area contributed by atoms with Crippen molar-refractivity contribution in [3.8, 4) is 5.75 Å². The molecule has 1 amide bonds.